The van der Waals surface area contributed by atoms with Gasteiger partial charge in [0.2, 0.25) is 5.91 Å². The van der Waals surface area contributed by atoms with Crippen molar-refractivity contribution in [2.24, 2.45) is 0 Å². The molecule has 4 heteroatoms. The van der Waals surface area contributed by atoms with Crippen LogP contribution in [0.25, 0.3) is 0 Å². The third-order valence-corrected chi connectivity index (χ3v) is 5.44. The molecule has 2 fully saturated rings. The Balaban J connectivity index is 1.78. The van der Waals surface area contributed by atoms with Crippen LogP contribution in [-0.2, 0) is 10.2 Å². The minimum Gasteiger partial charge on any atom is -0.340 e. The van der Waals surface area contributed by atoms with Crippen LogP contribution in [0, 0.1) is 0 Å². The lowest BCUT2D eigenvalue weighted by Gasteiger charge is -2.33. The number of nitrogens with one attached hydrogen (secondary N) is 1. The molecule has 2 aliphatic heterocycles. The summed E-state index contributed by atoms with van der Waals surface area (Å²) in [5.74, 6) is 0.249. The Labute approximate surface area is 135 Å². The fourth-order valence-corrected chi connectivity index (χ4v) is 3.78. The third kappa shape index (κ3) is 3.02. The average molecular weight is 351 g/mol. The number of nitrogens with zero attached hydrogens (tertiary/aromatic N) is 1. The summed E-state index contributed by atoms with van der Waals surface area (Å²) in [5, 5.41) is 3.64. The number of rotatable bonds is 2. The minimum absolute atomic E-state index is 0.249. The Hall–Kier alpha value is -0.870. The van der Waals surface area contributed by atoms with Crippen molar-refractivity contribution < 1.29 is 4.79 Å². The standard InChI is InChI=1S/C17H23BrN2O/c1-17(2,12-3-5-13(18)6-4-12)16(21)20-10-9-14-7-8-15(11-20)19-14/h3-6,14-15,19H,7-11H2,1-2H3. The molecule has 2 aliphatic rings. The summed E-state index contributed by atoms with van der Waals surface area (Å²) in [7, 11) is 0. The Morgan fingerprint density at radius 3 is 2.57 bits per heavy atom. The first-order valence-electron chi connectivity index (χ1n) is 7.78. The molecule has 0 aromatic heterocycles. The molecule has 3 nitrogen and oxygen atoms in total. The first-order chi connectivity index (χ1) is 9.96. The van der Waals surface area contributed by atoms with Crippen molar-refractivity contribution in [2.45, 2.75) is 50.6 Å². The molecule has 2 saturated heterocycles. The molecule has 1 amide bonds. The van der Waals surface area contributed by atoms with E-state index in [0.717, 1.165) is 29.5 Å². The summed E-state index contributed by atoms with van der Waals surface area (Å²) in [6.07, 6.45) is 3.55. The second-order valence-electron chi connectivity index (χ2n) is 6.81. The molecule has 114 valence electrons. The van der Waals surface area contributed by atoms with Crippen LogP contribution in [0.3, 0.4) is 0 Å². The summed E-state index contributed by atoms with van der Waals surface area (Å²) in [4.78, 5) is 15.1. The van der Waals surface area contributed by atoms with Gasteiger partial charge < -0.3 is 10.2 Å². The van der Waals surface area contributed by atoms with Crippen molar-refractivity contribution >= 4 is 21.8 Å². The average Bonchev–Trinajstić information content (AvgIpc) is 2.78. The van der Waals surface area contributed by atoms with Crippen LogP contribution in [0.4, 0.5) is 0 Å². The Morgan fingerprint density at radius 2 is 1.86 bits per heavy atom. The second-order valence-corrected chi connectivity index (χ2v) is 7.73. The summed E-state index contributed by atoms with van der Waals surface area (Å²) < 4.78 is 1.05. The van der Waals surface area contributed by atoms with Crippen molar-refractivity contribution in [2.75, 3.05) is 13.1 Å². The minimum atomic E-state index is -0.468. The zero-order valence-electron chi connectivity index (χ0n) is 12.7. The van der Waals surface area contributed by atoms with Gasteiger partial charge in [0.05, 0.1) is 5.41 Å². The van der Waals surface area contributed by atoms with E-state index in [-0.39, 0.29) is 5.91 Å². The largest absolute Gasteiger partial charge is 0.340 e. The Morgan fingerprint density at radius 1 is 1.19 bits per heavy atom. The van der Waals surface area contributed by atoms with Crippen molar-refractivity contribution in [1.29, 1.82) is 0 Å². The molecule has 0 radical (unpaired) electrons. The topological polar surface area (TPSA) is 32.3 Å². The molecule has 1 N–H and O–H groups in total. The van der Waals surface area contributed by atoms with Crippen molar-refractivity contribution in [3.63, 3.8) is 0 Å². The number of benzene rings is 1. The maximum absolute atomic E-state index is 13.0. The number of carbonyl (C=O) groups is 1. The van der Waals surface area contributed by atoms with E-state index in [9.17, 15) is 4.79 Å². The molecule has 1 aromatic rings. The molecule has 1 aromatic carbocycles. The molecule has 0 aliphatic carbocycles. The van der Waals surface area contributed by atoms with Gasteiger partial charge in [0.25, 0.3) is 0 Å². The highest BCUT2D eigenvalue weighted by atomic mass is 79.9. The van der Waals surface area contributed by atoms with Crippen molar-refractivity contribution in [3.8, 4) is 0 Å². The molecule has 2 bridgehead atoms. The van der Waals surface area contributed by atoms with E-state index >= 15 is 0 Å². The van der Waals surface area contributed by atoms with Gasteiger partial charge in [0.1, 0.15) is 0 Å². The summed E-state index contributed by atoms with van der Waals surface area (Å²) in [6.45, 7) is 5.81. The molecule has 2 unspecified atom stereocenters. The molecular formula is C17H23BrN2O. The van der Waals surface area contributed by atoms with Crippen LogP contribution >= 0.6 is 15.9 Å². The molecule has 0 saturated carbocycles. The highest BCUT2D eigenvalue weighted by Gasteiger charge is 2.37. The zero-order valence-corrected chi connectivity index (χ0v) is 14.3. The molecule has 0 spiro atoms. The monoisotopic (exact) mass is 350 g/mol. The van der Waals surface area contributed by atoms with Crippen LogP contribution in [0.15, 0.2) is 28.7 Å². The van der Waals surface area contributed by atoms with Gasteiger partial charge in [-0.05, 0) is 50.8 Å². The lowest BCUT2D eigenvalue weighted by molar-refractivity contribution is -0.136. The van der Waals surface area contributed by atoms with E-state index < -0.39 is 5.41 Å². The number of hydrogen-bond acceptors (Lipinski definition) is 2. The predicted molar refractivity (Wildman–Crippen MR) is 88.3 cm³/mol. The highest BCUT2D eigenvalue weighted by Crippen LogP contribution is 2.29. The number of likely N-dealkylation sites (tertiary alicyclic amines) is 1. The summed E-state index contributed by atoms with van der Waals surface area (Å²) >= 11 is 3.45. The van der Waals surface area contributed by atoms with E-state index in [1.165, 1.54) is 12.8 Å². The van der Waals surface area contributed by atoms with E-state index in [0.29, 0.717) is 12.1 Å². The van der Waals surface area contributed by atoms with E-state index in [1.807, 2.05) is 38.1 Å². The zero-order chi connectivity index (χ0) is 15.0. The molecule has 3 rings (SSSR count). The van der Waals surface area contributed by atoms with Gasteiger partial charge in [0.15, 0.2) is 0 Å². The fraction of sp³-hybridized carbons (Fsp3) is 0.588. The first-order valence-corrected chi connectivity index (χ1v) is 8.57. The maximum atomic E-state index is 13.0. The van der Waals surface area contributed by atoms with E-state index in [2.05, 4.69) is 26.1 Å². The number of fused-ring (bicyclic) bond motifs is 2. The van der Waals surface area contributed by atoms with Gasteiger partial charge in [0, 0.05) is 29.6 Å². The van der Waals surface area contributed by atoms with Gasteiger partial charge >= 0.3 is 0 Å². The summed E-state index contributed by atoms with van der Waals surface area (Å²) in [5.41, 5.74) is 0.614. The lowest BCUT2D eigenvalue weighted by Crippen LogP contribution is -2.47. The smallest absolute Gasteiger partial charge is 0.232 e. The van der Waals surface area contributed by atoms with Crippen LogP contribution < -0.4 is 5.32 Å². The summed E-state index contributed by atoms with van der Waals surface area (Å²) in [6, 6.07) is 9.21. The highest BCUT2D eigenvalue weighted by molar-refractivity contribution is 9.10. The molecule has 21 heavy (non-hydrogen) atoms. The first kappa shape index (κ1) is 15.0. The number of halogens is 1. The number of carbonyl (C=O) groups excluding carboxylic acids is 1. The third-order valence-electron chi connectivity index (χ3n) is 4.91. The van der Waals surface area contributed by atoms with E-state index in [4.69, 9.17) is 0 Å². The quantitative estimate of drug-likeness (QED) is 0.888. The number of amides is 1. The van der Waals surface area contributed by atoms with Gasteiger partial charge in [-0.3, -0.25) is 4.79 Å². The predicted octanol–water partition coefficient (Wildman–Crippen LogP) is 3.08. The second kappa shape index (κ2) is 5.73. The molecule has 2 heterocycles. The lowest BCUT2D eigenvalue weighted by atomic mass is 9.83. The van der Waals surface area contributed by atoms with Gasteiger partial charge in [-0.25, -0.2) is 0 Å². The van der Waals surface area contributed by atoms with Gasteiger partial charge in [-0.2, -0.15) is 0 Å². The molecular weight excluding hydrogens is 328 g/mol. The van der Waals surface area contributed by atoms with Crippen LogP contribution in [0.1, 0.15) is 38.7 Å². The van der Waals surface area contributed by atoms with Crippen molar-refractivity contribution in [3.05, 3.63) is 34.3 Å². The van der Waals surface area contributed by atoms with E-state index in [1.54, 1.807) is 0 Å². The SMILES string of the molecule is CC(C)(C(=O)N1CCC2CCC(C1)N2)c1ccc(Br)cc1. The van der Waals surface area contributed by atoms with Gasteiger partial charge in [-0.15, -0.1) is 0 Å². The normalized spacial score (nSPS) is 25.8. The maximum Gasteiger partial charge on any atom is 0.232 e. The Bertz CT molecular complexity index is 526. The van der Waals surface area contributed by atoms with Crippen LogP contribution in [0.5, 0.6) is 0 Å². The van der Waals surface area contributed by atoms with Gasteiger partial charge in [-0.1, -0.05) is 28.1 Å². The van der Waals surface area contributed by atoms with Crippen LogP contribution in [0.2, 0.25) is 0 Å². The Kier molecular flexibility index (Phi) is 4.10. The number of hydrogen-bond donors (Lipinski definition) is 1. The van der Waals surface area contributed by atoms with Crippen LogP contribution in [-0.4, -0.2) is 36.0 Å². The molecule has 2 atom stereocenters. The van der Waals surface area contributed by atoms with Crippen molar-refractivity contribution in [1.82, 2.24) is 10.2 Å². The fourth-order valence-electron chi connectivity index (χ4n) is 3.51.